The molecule has 1 aromatic rings. The number of hydrogen-bond donors (Lipinski definition) is 2. The molecule has 0 bridgehead atoms. The van der Waals surface area contributed by atoms with E-state index in [1.54, 1.807) is 13.2 Å². The first-order chi connectivity index (χ1) is 9.15. The van der Waals surface area contributed by atoms with Crippen LogP contribution in [-0.4, -0.2) is 25.6 Å². The molecule has 2 rings (SSSR count). The van der Waals surface area contributed by atoms with Gasteiger partial charge >= 0.3 is 0 Å². The predicted molar refractivity (Wildman–Crippen MR) is 75.4 cm³/mol. The van der Waals surface area contributed by atoms with E-state index in [4.69, 9.17) is 10.5 Å². The van der Waals surface area contributed by atoms with Gasteiger partial charge in [0.25, 0.3) is 5.91 Å². The van der Waals surface area contributed by atoms with Crippen LogP contribution in [0.1, 0.15) is 35.2 Å². The van der Waals surface area contributed by atoms with E-state index < -0.39 is 0 Å². The second-order valence-corrected chi connectivity index (χ2v) is 5.19. The molecule has 1 aliphatic carbocycles. The van der Waals surface area contributed by atoms with Crippen LogP contribution in [0.3, 0.4) is 0 Å². The highest BCUT2D eigenvalue weighted by molar-refractivity contribution is 5.95. The van der Waals surface area contributed by atoms with Crippen molar-refractivity contribution in [3.63, 3.8) is 0 Å². The van der Waals surface area contributed by atoms with E-state index in [1.807, 2.05) is 19.1 Å². The summed E-state index contributed by atoms with van der Waals surface area (Å²) in [5.74, 6) is 1.12. The maximum absolute atomic E-state index is 12.2. The molecule has 0 spiro atoms. The molecule has 19 heavy (non-hydrogen) atoms. The minimum atomic E-state index is -0.0383. The zero-order valence-electron chi connectivity index (χ0n) is 11.6. The Morgan fingerprint density at radius 1 is 1.47 bits per heavy atom. The zero-order valence-corrected chi connectivity index (χ0v) is 11.6. The van der Waals surface area contributed by atoms with E-state index in [2.05, 4.69) is 5.32 Å². The number of aryl methyl sites for hydroxylation is 1. The maximum atomic E-state index is 12.2. The zero-order chi connectivity index (χ0) is 13.8. The van der Waals surface area contributed by atoms with Crippen LogP contribution in [0.25, 0.3) is 0 Å². The van der Waals surface area contributed by atoms with Gasteiger partial charge < -0.3 is 15.8 Å². The van der Waals surface area contributed by atoms with Gasteiger partial charge in [-0.05, 0) is 49.9 Å². The van der Waals surface area contributed by atoms with Gasteiger partial charge in [0.05, 0.1) is 7.11 Å². The molecule has 4 heteroatoms. The summed E-state index contributed by atoms with van der Waals surface area (Å²) in [4.78, 5) is 12.2. The number of amides is 1. The van der Waals surface area contributed by atoms with Gasteiger partial charge in [-0.15, -0.1) is 0 Å². The number of benzene rings is 1. The maximum Gasteiger partial charge on any atom is 0.251 e. The van der Waals surface area contributed by atoms with Gasteiger partial charge in [0.2, 0.25) is 0 Å². The van der Waals surface area contributed by atoms with E-state index >= 15 is 0 Å². The molecule has 0 saturated heterocycles. The Morgan fingerprint density at radius 3 is 2.95 bits per heavy atom. The van der Waals surface area contributed by atoms with Crippen LogP contribution >= 0.6 is 0 Å². The van der Waals surface area contributed by atoms with E-state index in [0.717, 1.165) is 30.6 Å². The molecule has 104 valence electrons. The fraction of sp³-hybridized carbons (Fsp3) is 0.533. The highest BCUT2D eigenvalue weighted by Gasteiger charge is 2.27. The molecule has 1 saturated carbocycles. The van der Waals surface area contributed by atoms with Crippen molar-refractivity contribution in [2.45, 2.75) is 32.2 Å². The first-order valence-electron chi connectivity index (χ1n) is 6.81. The number of nitrogens with one attached hydrogen (secondary N) is 1. The lowest BCUT2D eigenvalue weighted by molar-refractivity contribution is 0.0928. The lowest BCUT2D eigenvalue weighted by atomic mass is 10.0. The molecule has 0 aromatic heterocycles. The van der Waals surface area contributed by atoms with Crippen molar-refractivity contribution in [1.29, 1.82) is 0 Å². The van der Waals surface area contributed by atoms with Crippen molar-refractivity contribution in [3.05, 3.63) is 29.3 Å². The molecular formula is C15H22N2O2. The van der Waals surface area contributed by atoms with Crippen LogP contribution in [-0.2, 0) is 0 Å². The number of rotatable bonds is 4. The molecule has 0 radical (unpaired) electrons. The third-order valence-corrected chi connectivity index (χ3v) is 3.95. The predicted octanol–water partition coefficient (Wildman–Crippen LogP) is 1.86. The fourth-order valence-corrected chi connectivity index (χ4v) is 2.72. The second kappa shape index (κ2) is 6.06. The average Bonchev–Trinajstić information content (AvgIpc) is 2.86. The Labute approximate surface area is 114 Å². The van der Waals surface area contributed by atoms with Crippen LogP contribution in [0.15, 0.2) is 18.2 Å². The summed E-state index contributed by atoms with van der Waals surface area (Å²) < 4.78 is 5.25. The summed E-state index contributed by atoms with van der Waals surface area (Å²) in [6, 6.07) is 5.74. The van der Waals surface area contributed by atoms with Crippen molar-refractivity contribution in [2.24, 2.45) is 11.7 Å². The van der Waals surface area contributed by atoms with Crippen LogP contribution in [0, 0.1) is 12.8 Å². The van der Waals surface area contributed by atoms with Crippen molar-refractivity contribution in [2.75, 3.05) is 13.7 Å². The molecule has 1 amide bonds. The van der Waals surface area contributed by atoms with Gasteiger partial charge in [-0.1, -0.05) is 12.5 Å². The molecule has 2 atom stereocenters. The minimum absolute atomic E-state index is 0.0383. The molecule has 1 fully saturated rings. The van der Waals surface area contributed by atoms with Gasteiger partial charge in [0.1, 0.15) is 5.75 Å². The van der Waals surface area contributed by atoms with Gasteiger partial charge in [-0.3, -0.25) is 4.79 Å². The van der Waals surface area contributed by atoms with Gasteiger partial charge in [0.15, 0.2) is 0 Å². The van der Waals surface area contributed by atoms with Crippen molar-refractivity contribution >= 4 is 5.91 Å². The second-order valence-electron chi connectivity index (χ2n) is 5.19. The Bertz CT molecular complexity index is 459. The first-order valence-corrected chi connectivity index (χ1v) is 6.81. The van der Waals surface area contributed by atoms with Crippen LogP contribution in [0.2, 0.25) is 0 Å². The molecule has 4 nitrogen and oxygen atoms in total. The third-order valence-electron chi connectivity index (χ3n) is 3.95. The quantitative estimate of drug-likeness (QED) is 0.870. The number of carbonyl (C=O) groups is 1. The Kier molecular flexibility index (Phi) is 4.43. The van der Waals surface area contributed by atoms with E-state index in [1.165, 1.54) is 0 Å². The van der Waals surface area contributed by atoms with Gasteiger partial charge in [0, 0.05) is 11.6 Å². The lowest BCUT2D eigenvalue weighted by Crippen LogP contribution is -2.39. The Hall–Kier alpha value is -1.55. The van der Waals surface area contributed by atoms with Crippen LogP contribution in [0.4, 0.5) is 0 Å². The summed E-state index contributed by atoms with van der Waals surface area (Å²) in [5, 5.41) is 3.09. The monoisotopic (exact) mass is 262 g/mol. The normalized spacial score (nSPS) is 22.3. The summed E-state index contributed by atoms with van der Waals surface area (Å²) in [5.41, 5.74) is 7.40. The highest BCUT2D eigenvalue weighted by atomic mass is 16.5. The first kappa shape index (κ1) is 13.9. The largest absolute Gasteiger partial charge is 0.496 e. The SMILES string of the molecule is COc1cc(C(=O)NC2CCCC2CN)ccc1C. The molecular weight excluding hydrogens is 240 g/mol. The highest BCUT2D eigenvalue weighted by Crippen LogP contribution is 2.25. The van der Waals surface area contributed by atoms with Gasteiger partial charge in [-0.2, -0.15) is 0 Å². The summed E-state index contributed by atoms with van der Waals surface area (Å²) in [7, 11) is 1.62. The average molecular weight is 262 g/mol. The van der Waals surface area contributed by atoms with E-state index in [9.17, 15) is 4.79 Å². The molecule has 3 N–H and O–H groups in total. The number of carbonyl (C=O) groups excluding carboxylic acids is 1. The summed E-state index contributed by atoms with van der Waals surface area (Å²) >= 11 is 0. The van der Waals surface area contributed by atoms with E-state index in [0.29, 0.717) is 18.0 Å². The molecule has 0 heterocycles. The Balaban J connectivity index is 2.07. The van der Waals surface area contributed by atoms with Crippen molar-refractivity contribution in [3.8, 4) is 5.75 Å². The molecule has 1 aliphatic rings. The lowest BCUT2D eigenvalue weighted by Gasteiger charge is -2.19. The van der Waals surface area contributed by atoms with Crippen LogP contribution in [0.5, 0.6) is 5.75 Å². The smallest absolute Gasteiger partial charge is 0.251 e. The van der Waals surface area contributed by atoms with Gasteiger partial charge in [-0.25, -0.2) is 0 Å². The number of hydrogen-bond acceptors (Lipinski definition) is 3. The molecule has 2 unspecified atom stereocenters. The summed E-state index contributed by atoms with van der Waals surface area (Å²) in [6.45, 7) is 2.60. The number of ether oxygens (including phenoxy) is 1. The minimum Gasteiger partial charge on any atom is -0.496 e. The van der Waals surface area contributed by atoms with E-state index in [-0.39, 0.29) is 11.9 Å². The standard InChI is InChI=1S/C15H22N2O2/c1-10-6-7-11(8-14(10)19-2)15(18)17-13-5-3-4-12(13)9-16/h6-8,12-13H,3-5,9,16H2,1-2H3,(H,17,18). The third kappa shape index (κ3) is 3.07. The van der Waals surface area contributed by atoms with Crippen molar-refractivity contribution < 1.29 is 9.53 Å². The number of methoxy groups -OCH3 is 1. The topological polar surface area (TPSA) is 64.3 Å². The molecule has 0 aliphatic heterocycles. The number of nitrogens with two attached hydrogens (primary N) is 1. The van der Waals surface area contributed by atoms with Crippen molar-refractivity contribution in [1.82, 2.24) is 5.32 Å². The molecule has 1 aromatic carbocycles. The van der Waals surface area contributed by atoms with Crippen LogP contribution < -0.4 is 15.8 Å². The summed E-state index contributed by atoms with van der Waals surface area (Å²) in [6.07, 6.45) is 3.28. The fourth-order valence-electron chi connectivity index (χ4n) is 2.72. The Morgan fingerprint density at radius 2 is 2.26 bits per heavy atom.